The van der Waals surface area contributed by atoms with Gasteiger partial charge in [-0.2, -0.15) is 0 Å². The number of fused-ring (bicyclic) bond motifs is 1. The first-order chi connectivity index (χ1) is 13.3. The van der Waals surface area contributed by atoms with Crippen molar-refractivity contribution in [1.29, 1.82) is 0 Å². The van der Waals surface area contributed by atoms with Crippen LogP contribution < -0.4 is 21.1 Å². The molecule has 0 fully saturated rings. The number of carbonyl (C=O) groups is 2. The number of ether oxygens (including phenoxy) is 1. The predicted octanol–water partition coefficient (Wildman–Crippen LogP) is 2.14. The lowest BCUT2D eigenvalue weighted by Gasteiger charge is -2.10. The van der Waals surface area contributed by atoms with Gasteiger partial charge in [0.05, 0.1) is 10.5 Å². The molecule has 0 radical (unpaired) electrons. The minimum Gasteiger partial charge on any atom is -0.484 e. The number of non-ortho nitro benzene ring substituents is 1. The Morgan fingerprint density at radius 2 is 2.00 bits per heavy atom. The molecule has 1 aromatic heterocycles. The van der Waals surface area contributed by atoms with Gasteiger partial charge in [0.1, 0.15) is 10.8 Å². The Kier molecular flexibility index (Phi) is 5.85. The van der Waals surface area contributed by atoms with E-state index in [1.54, 1.807) is 0 Å². The lowest BCUT2D eigenvalue weighted by Crippen LogP contribution is -2.37. The van der Waals surface area contributed by atoms with Gasteiger partial charge in [0.2, 0.25) is 0 Å². The van der Waals surface area contributed by atoms with Crippen molar-refractivity contribution in [3.8, 4) is 5.75 Å². The van der Waals surface area contributed by atoms with Gasteiger partial charge in [-0.05, 0) is 49.2 Å². The third kappa shape index (κ3) is 4.43. The van der Waals surface area contributed by atoms with Crippen LogP contribution in [0, 0.1) is 10.1 Å². The molecule has 0 spiro atoms. The van der Waals surface area contributed by atoms with E-state index in [2.05, 4.69) is 10.6 Å². The molecule has 0 saturated carbocycles. The van der Waals surface area contributed by atoms with Crippen molar-refractivity contribution in [2.45, 2.75) is 19.3 Å². The molecule has 28 heavy (non-hydrogen) atoms. The van der Waals surface area contributed by atoms with Crippen molar-refractivity contribution in [2.24, 2.45) is 5.73 Å². The summed E-state index contributed by atoms with van der Waals surface area (Å²) in [6, 6.07) is 5.35. The summed E-state index contributed by atoms with van der Waals surface area (Å²) >= 11 is 6.53. The van der Waals surface area contributed by atoms with Gasteiger partial charge >= 0.3 is 0 Å². The minimum absolute atomic E-state index is 0.0275. The molecule has 0 aliphatic heterocycles. The number of amides is 2. The van der Waals surface area contributed by atoms with Crippen molar-refractivity contribution in [1.82, 2.24) is 5.32 Å². The molecule has 0 bridgehead atoms. The second kappa shape index (κ2) is 8.31. The molecule has 1 aromatic carbocycles. The van der Waals surface area contributed by atoms with Crippen molar-refractivity contribution >= 4 is 51.2 Å². The number of anilines is 1. The van der Waals surface area contributed by atoms with Crippen LogP contribution in [0.5, 0.6) is 5.75 Å². The Hall–Kier alpha value is -3.05. The number of hydrogen-bond acceptors (Lipinski definition) is 7. The number of nitrogens with zero attached hydrogens (tertiary/aromatic N) is 1. The van der Waals surface area contributed by atoms with Crippen LogP contribution >= 0.6 is 23.6 Å². The van der Waals surface area contributed by atoms with E-state index in [4.69, 9.17) is 22.7 Å². The molecule has 11 heteroatoms. The van der Waals surface area contributed by atoms with Gasteiger partial charge in [-0.15, -0.1) is 11.3 Å². The molecule has 0 atom stereocenters. The fourth-order valence-electron chi connectivity index (χ4n) is 2.86. The molecule has 146 valence electrons. The number of hydrogen-bond donors (Lipinski definition) is 3. The SMILES string of the molecule is NC(=O)c1c(NC(=S)NC(=O)COc2ccc([N+](=O)[O-])cc2)sc2c1CCC2. The number of nitro benzene ring substituents is 1. The van der Waals surface area contributed by atoms with Gasteiger partial charge in [-0.25, -0.2) is 0 Å². The van der Waals surface area contributed by atoms with Gasteiger partial charge in [0, 0.05) is 17.0 Å². The standard InChI is InChI=1S/C17H16N4O5S2/c18-15(23)14-11-2-1-3-12(11)28-16(14)20-17(27)19-13(22)8-26-10-6-4-9(5-7-10)21(24)25/h4-7H,1-3,8H2,(H2,18,23)(H2,19,20,22,27). The molecule has 0 saturated heterocycles. The van der Waals surface area contributed by atoms with Gasteiger partial charge in [-0.1, -0.05) is 0 Å². The average Bonchev–Trinajstić information content (AvgIpc) is 3.20. The highest BCUT2D eigenvalue weighted by Crippen LogP contribution is 2.38. The number of rotatable bonds is 6. The monoisotopic (exact) mass is 420 g/mol. The second-order valence-electron chi connectivity index (χ2n) is 5.97. The molecule has 1 aliphatic carbocycles. The Bertz CT molecular complexity index is 955. The first kappa shape index (κ1) is 19.7. The average molecular weight is 420 g/mol. The fraction of sp³-hybridized carbons (Fsp3) is 0.235. The van der Waals surface area contributed by atoms with Crippen molar-refractivity contribution in [3.63, 3.8) is 0 Å². The van der Waals surface area contributed by atoms with Crippen molar-refractivity contribution in [3.05, 3.63) is 50.4 Å². The summed E-state index contributed by atoms with van der Waals surface area (Å²) < 4.78 is 5.27. The first-order valence-corrected chi connectivity index (χ1v) is 9.50. The van der Waals surface area contributed by atoms with Crippen LogP contribution in [0.2, 0.25) is 0 Å². The van der Waals surface area contributed by atoms with E-state index in [0.717, 1.165) is 29.7 Å². The number of primary amides is 1. The summed E-state index contributed by atoms with van der Waals surface area (Å²) in [5.41, 5.74) is 6.79. The Balaban J connectivity index is 1.54. The number of benzene rings is 1. The fourth-order valence-corrected chi connectivity index (χ4v) is 4.44. The maximum atomic E-state index is 12.0. The van der Waals surface area contributed by atoms with E-state index in [-0.39, 0.29) is 17.4 Å². The van der Waals surface area contributed by atoms with Crippen LogP contribution in [-0.4, -0.2) is 28.5 Å². The first-order valence-electron chi connectivity index (χ1n) is 8.27. The number of nitro groups is 1. The summed E-state index contributed by atoms with van der Waals surface area (Å²) in [6.45, 7) is -0.330. The zero-order valence-electron chi connectivity index (χ0n) is 14.5. The lowest BCUT2D eigenvalue weighted by atomic mass is 10.1. The van der Waals surface area contributed by atoms with Crippen LogP contribution in [-0.2, 0) is 17.6 Å². The zero-order valence-corrected chi connectivity index (χ0v) is 16.2. The lowest BCUT2D eigenvalue weighted by molar-refractivity contribution is -0.384. The van der Waals surface area contributed by atoms with Gasteiger partial charge < -0.3 is 15.8 Å². The molecule has 4 N–H and O–H groups in total. The molecular formula is C17H16N4O5S2. The van der Waals surface area contributed by atoms with E-state index in [0.29, 0.717) is 16.3 Å². The smallest absolute Gasteiger partial charge is 0.269 e. The number of aryl methyl sites for hydroxylation is 1. The zero-order chi connectivity index (χ0) is 20.3. The highest BCUT2D eigenvalue weighted by molar-refractivity contribution is 7.80. The molecule has 2 aromatic rings. The number of thiocarbonyl (C=S) groups is 1. The highest BCUT2D eigenvalue weighted by Gasteiger charge is 2.25. The molecular weight excluding hydrogens is 404 g/mol. The topological polar surface area (TPSA) is 137 Å². The van der Waals surface area contributed by atoms with E-state index in [1.165, 1.54) is 35.6 Å². The van der Waals surface area contributed by atoms with Gasteiger partial charge in [-0.3, -0.25) is 25.0 Å². The van der Waals surface area contributed by atoms with Crippen LogP contribution in [0.3, 0.4) is 0 Å². The third-order valence-electron chi connectivity index (χ3n) is 4.07. The minimum atomic E-state index is -0.530. The number of carbonyl (C=O) groups excluding carboxylic acids is 2. The van der Waals surface area contributed by atoms with E-state index >= 15 is 0 Å². The largest absolute Gasteiger partial charge is 0.484 e. The molecule has 2 amide bonds. The summed E-state index contributed by atoms with van der Waals surface area (Å²) in [5.74, 6) is -0.733. The normalized spacial score (nSPS) is 12.1. The maximum absolute atomic E-state index is 12.0. The van der Waals surface area contributed by atoms with E-state index in [9.17, 15) is 19.7 Å². The van der Waals surface area contributed by atoms with Crippen LogP contribution in [0.4, 0.5) is 10.7 Å². The van der Waals surface area contributed by atoms with Crippen molar-refractivity contribution in [2.75, 3.05) is 11.9 Å². The Morgan fingerprint density at radius 3 is 2.64 bits per heavy atom. The Morgan fingerprint density at radius 1 is 1.29 bits per heavy atom. The van der Waals surface area contributed by atoms with E-state index < -0.39 is 16.7 Å². The summed E-state index contributed by atoms with van der Waals surface area (Å²) in [4.78, 5) is 34.9. The summed E-state index contributed by atoms with van der Waals surface area (Å²) in [5, 5.41) is 16.5. The number of nitrogens with one attached hydrogen (secondary N) is 2. The second-order valence-corrected chi connectivity index (χ2v) is 7.48. The van der Waals surface area contributed by atoms with Crippen LogP contribution in [0.25, 0.3) is 0 Å². The highest BCUT2D eigenvalue weighted by atomic mass is 32.1. The third-order valence-corrected chi connectivity index (χ3v) is 5.48. The predicted molar refractivity (Wildman–Crippen MR) is 108 cm³/mol. The van der Waals surface area contributed by atoms with Gasteiger partial charge in [0.15, 0.2) is 11.7 Å². The molecule has 1 heterocycles. The Labute approximate surface area is 169 Å². The molecule has 0 unspecified atom stereocenters. The van der Waals surface area contributed by atoms with Crippen LogP contribution in [0.15, 0.2) is 24.3 Å². The quantitative estimate of drug-likeness (QED) is 0.370. The van der Waals surface area contributed by atoms with Crippen LogP contribution in [0.1, 0.15) is 27.2 Å². The molecule has 3 rings (SSSR count). The van der Waals surface area contributed by atoms with E-state index in [1.807, 2.05) is 0 Å². The van der Waals surface area contributed by atoms with Gasteiger partial charge in [0.25, 0.3) is 17.5 Å². The molecule has 1 aliphatic rings. The maximum Gasteiger partial charge on any atom is 0.269 e. The van der Waals surface area contributed by atoms with Crippen molar-refractivity contribution < 1.29 is 19.2 Å². The molecule has 9 nitrogen and oxygen atoms in total. The summed E-state index contributed by atoms with van der Waals surface area (Å²) in [6.07, 6.45) is 2.68. The number of nitrogens with two attached hydrogens (primary N) is 1. The summed E-state index contributed by atoms with van der Waals surface area (Å²) in [7, 11) is 0. The number of thiophene rings is 1.